The van der Waals surface area contributed by atoms with Gasteiger partial charge in [-0.1, -0.05) is 67.1 Å². The SMILES string of the molecule is CCC(=O)c1ccc(Cl)cc1-c1cc(=O)n(C(Cc2ccccc2)C(=O)Cc2ccc3c(c2)CC(C#N)=C3)cc1OC. The number of fused-ring (bicyclic) bond motifs is 1. The van der Waals surface area contributed by atoms with Crippen LogP contribution in [0.25, 0.3) is 17.2 Å². The maximum Gasteiger partial charge on any atom is 0.252 e. The molecule has 1 aliphatic rings. The first-order valence-corrected chi connectivity index (χ1v) is 14.1. The van der Waals surface area contributed by atoms with Crippen molar-refractivity contribution < 1.29 is 14.3 Å². The average molecular weight is 577 g/mol. The Balaban J connectivity index is 1.55. The van der Waals surface area contributed by atoms with E-state index in [1.807, 2.05) is 54.6 Å². The van der Waals surface area contributed by atoms with E-state index in [-0.39, 0.29) is 24.4 Å². The number of nitrogens with zero attached hydrogens (tertiary/aromatic N) is 2. The number of hydrogen-bond acceptors (Lipinski definition) is 5. The van der Waals surface area contributed by atoms with Crippen LogP contribution in [0.1, 0.15) is 52.0 Å². The van der Waals surface area contributed by atoms with Gasteiger partial charge in [0, 0.05) is 53.5 Å². The van der Waals surface area contributed by atoms with Gasteiger partial charge in [0.15, 0.2) is 11.6 Å². The number of halogens is 1. The van der Waals surface area contributed by atoms with E-state index in [1.165, 1.54) is 17.7 Å². The van der Waals surface area contributed by atoms with Gasteiger partial charge in [0.25, 0.3) is 5.56 Å². The lowest BCUT2D eigenvalue weighted by molar-refractivity contribution is -0.121. The Labute approximate surface area is 249 Å². The number of nitriles is 1. The van der Waals surface area contributed by atoms with Crippen molar-refractivity contribution in [2.24, 2.45) is 0 Å². The summed E-state index contributed by atoms with van der Waals surface area (Å²) >= 11 is 6.29. The van der Waals surface area contributed by atoms with Crippen LogP contribution in [0.2, 0.25) is 5.02 Å². The summed E-state index contributed by atoms with van der Waals surface area (Å²) in [4.78, 5) is 40.4. The van der Waals surface area contributed by atoms with Crippen molar-refractivity contribution in [3.05, 3.63) is 128 Å². The first kappa shape index (κ1) is 28.8. The molecule has 5 rings (SSSR count). The molecule has 0 N–H and O–H groups in total. The predicted molar refractivity (Wildman–Crippen MR) is 164 cm³/mol. The lowest BCUT2D eigenvalue weighted by Gasteiger charge is -2.22. The number of pyridine rings is 1. The van der Waals surface area contributed by atoms with Crippen molar-refractivity contribution in [3.8, 4) is 22.9 Å². The molecule has 0 radical (unpaired) electrons. The molecule has 3 aromatic carbocycles. The third kappa shape index (κ3) is 5.97. The fourth-order valence-electron chi connectivity index (χ4n) is 5.42. The van der Waals surface area contributed by atoms with Crippen LogP contribution in [0, 0.1) is 11.3 Å². The van der Waals surface area contributed by atoms with Gasteiger partial charge in [0.05, 0.1) is 25.4 Å². The number of rotatable bonds is 10. The van der Waals surface area contributed by atoms with Gasteiger partial charge in [-0.2, -0.15) is 5.26 Å². The molecule has 0 aliphatic heterocycles. The third-order valence-corrected chi connectivity index (χ3v) is 7.81. The maximum absolute atomic E-state index is 13.9. The predicted octanol–water partition coefficient (Wildman–Crippen LogP) is 6.83. The van der Waals surface area contributed by atoms with Crippen molar-refractivity contribution in [3.63, 3.8) is 0 Å². The highest BCUT2D eigenvalue weighted by molar-refractivity contribution is 6.31. The van der Waals surface area contributed by atoms with E-state index in [0.717, 1.165) is 22.3 Å². The molecule has 0 spiro atoms. The van der Waals surface area contributed by atoms with E-state index in [2.05, 4.69) is 6.07 Å². The van der Waals surface area contributed by atoms with E-state index in [1.54, 1.807) is 31.3 Å². The van der Waals surface area contributed by atoms with Crippen LogP contribution in [0.15, 0.2) is 89.4 Å². The van der Waals surface area contributed by atoms with Gasteiger partial charge >= 0.3 is 0 Å². The summed E-state index contributed by atoms with van der Waals surface area (Å²) in [6, 6.07) is 23.1. The fraction of sp³-hybridized carbons (Fsp3) is 0.200. The van der Waals surface area contributed by atoms with Gasteiger partial charge in [-0.25, -0.2) is 0 Å². The van der Waals surface area contributed by atoms with Crippen molar-refractivity contribution >= 4 is 29.2 Å². The molecule has 0 fully saturated rings. The molecule has 1 heterocycles. The zero-order chi connectivity index (χ0) is 29.8. The Morgan fingerprint density at radius 3 is 2.52 bits per heavy atom. The monoisotopic (exact) mass is 576 g/mol. The molecule has 210 valence electrons. The highest BCUT2D eigenvalue weighted by atomic mass is 35.5. The van der Waals surface area contributed by atoms with Crippen LogP contribution < -0.4 is 10.3 Å². The van der Waals surface area contributed by atoms with Gasteiger partial charge < -0.3 is 9.30 Å². The van der Waals surface area contributed by atoms with E-state index in [9.17, 15) is 19.6 Å². The summed E-state index contributed by atoms with van der Waals surface area (Å²) in [5.74, 6) is 0.128. The normalized spacial score (nSPS) is 12.7. The molecule has 0 saturated heterocycles. The molecule has 0 amide bonds. The molecule has 6 nitrogen and oxygen atoms in total. The number of carbonyl (C=O) groups excluding carboxylic acids is 2. The highest BCUT2D eigenvalue weighted by Crippen LogP contribution is 2.35. The number of allylic oxidation sites excluding steroid dienone is 1. The highest BCUT2D eigenvalue weighted by Gasteiger charge is 2.26. The minimum atomic E-state index is -0.806. The van der Waals surface area contributed by atoms with Crippen LogP contribution in [-0.4, -0.2) is 23.2 Å². The number of Topliss-reactive ketones (excluding diaryl/α,β-unsaturated/α-hetero) is 2. The van der Waals surface area contributed by atoms with Crippen LogP contribution in [0.5, 0.6) is 5.75 Å². The zero-order valence-electron chi connectivity index (χ0n) is 23.4. The van der Waals surface area contributed by atoms with Gasteiger partial charge in [-0.3, -0.25) is 14.4 Å². The smallest absolute Gasteiger partial charge is 0.252 e. The molecule has 1 aliphatic carbocycles. The van der Waals surface area contributed by atoms with Crippen LogP contribution in [0.3, 0.4) is 0 Å². The van der Waals surface area contributed by atoms with Gasteiger partial charge in [0.1, 0.15) is 5.75 Å². The van der Waals surface area contributed by atoms with Crippen LogP contribution >= 0.6 is 11.6 Å². The number of hydrogen-bond donors (Lipinski definition) is 0. The molecule has 42 heavy (non-hydrogen) atoms. The summed E-state index contributed by atoms with van der Waals surface area (Å²) in [5.41, 5.74) is 5.41. The molecule has 7 heteroatoms. The summed E-state index contributed by atoms with van der Waals surface area (Å²) in [6.07, 6.45) is 4.68. The molecular formula is C35H29ClN2O4. The molecule has 0 bridgehead atoms. The number of benzene rings is 3. The first-order chi connectivity index (χ1) is 20.3. The molecule has 4 aromatic rings. The van der Waals surface area contributed by atoms with Crippen molar-refractivity contribution in [1.82, 2.24) is 4.57 Å². The van der Waals surface area contributed by atoms with Crippen molar-refractivity contribution in [2.75, 3.05) is 7.11 Å². The number of ether oxygens (including phenoxy) is 1. The summed E-state index contributed by atoms with van der Waals surface area (Å²) in [6.45, 7) is 1.77. The number of methoxy groups -OCH3 is 1. The lowest BCUT2D eigenvalue weighted by atomic mass is 9.94. The second-order valence-electron chi connectivity index (χ2n) is 10.3. The molecule has 0 saturated carbocycles. The molecule has 1 atom stereocenters. The van der Waals surface area contributed by atoms with Crippen molar-refractivity contribution in [1.29, 1.82) is 5.26 Å². The van der Waals surface area contributed by atoms with Crippen LogP contribution in [0.4, 0.5) is 0 Å². The standard InChI is InChI=1S/C35H29ClN2O4/c1-3-32(39)28-12-11-27(36)18-29(28)30-19-35(41)38(21-34(30)42-2)31(16-22-7-5-4-6-8-22)33(40)17-23-9-10-25-14-24(20-37)15-26(25)13-23/h4-14,18-19,21,31H,3,15-17H2,1-2H3. The van der Waals surface area contributed by atoms with E-state index in [4.69, 9.17) is 16.3 Å². The Morgan fingerprint density at radius 2 is 1.81 bits per heavy atom. The van der Waals surface area contributed by atoms with Gasteiger partial charge in [-0.05, 0) is 52.1 Å². The number of carbonyl (C=O) groups is 2. The Morgan fingerprint density at radius 1 is 1.02 bits per heavy atom. The zero-order valence-corrected chi connectivity index (χ0v) is 24.1. The van der Waals surface area contributed by atoms with Gasteiger partial charge in [0.2, 0.25) is 0 Å². The average Bonchev–Trinajstić information content (AvgIpc) is 3.42. The topological polar surface area (TPSA) is 89.2 Å². The minimum absolute atomic E-state index is 0.0866. The Hall–Kier alpha value is -4.73. The Bertz CT molecular complexity index is 1820. The van der Waals surface area contributed by atoms with E-state index >= 15 is 0 Å². The van der Waals surface area contributed by atoms with Crippen molar-refractivity contribution in [2.45, 2.75) is 38.6 Å². The van der Waals surface area contributed by atoms with Gasteiger partial charge in [-0.15, -0.1) is 0 Å². The summed E-state index contributed by atoms with van der Waals surface area (Å²) in [7, 11) is 1.49. The van der Waals surface area contributed by atoms with Crippen LogP contribution in [-0.2, 0) is 24.1 Å². The molecule has 1 unspecified atom stereocenters. The summed E-state index contributed by atoms with van der Waals surface area (Å²) < 4.78 is 7.14. The number of ketones is 2. The lowest BCUT2D eigenvalue weighted by Crippen LogP contribution is -2.32. The minimum Gasteiger partial charge on any atom is -0.495 e. The third-order valence-electron chi connectivity index (χ3n) is 7.58. The van der Waals surface area contributed by atoms with E-state index in [0.29, 0.717) is 45.9 Å². The number of aromatic nitrogens is 1. The maximum atomic E-state index is 13.9. The first-order valence-electron chi connectivity index (χ1n) is 13.7. The molecule has 1 aromatic heterocycles. The second kappa shape index (κ2) is 12.4. The fourth-order valence-corrected chi connectivity index (χ4v) is 5.59. The quantitative estimate of drug-likeness (QED) is 0.193. The second-order valence-corrected chi connectivity index (χ2v) is 10.7. The summed E-state index contributed by atoms with van der Waals surface area (Å²) in [5, 5.41) is 9.71. The van der Waals surface area contributed by atoms with E-state index < -0.39 is 11.6 Å². The molecular weight excluding hydrogens is 548 g/mol. The Kier molecular flexibility index (Phi) is 8.51. The largest absolute Gasteiger partial charge is 0.495 e.